The van der Waals surface area contributed by atoms with E-state index in [1.165, 1.54) is 0 Å². The number of hydrogen-bond donors (Lipinski definition) is 1. The van der Waals surface area contributed by atoms with E-state index >= 15 is 0 Å². The van der Waals surface area contributed by atoms with Gasteiger partial charge in [-0.1, -0.05) is 35.5 Å². The van der Waals surface area contributed by atoms with Gasteiger partial charge in [0.15, 0.2) is 5.76 Å². The largest absolute Gasteiger partial charge is 0.497 e. The zero-order chi connectivity index (χ0) is 16.2. The molecule has 0 saturated heterocycles. The smallest absolute Gasteiger partial charge is 0.173 e. The second-order valence-corrected chi connectivity index (χ2v) is 4.96. The molecule has 0 saturated carbocycles. The van der Waals surface area contributed by atoms with E-state index in [0.29, 0.717) is 28.5 Å². The quantitative estimate of drug-likeness (QED) is 0.781. The summed E-state index contributed by atoms with van der Waals surface area (Å²) in [6.45, 7) is -0.178. The average Bonchev–Trinajstić information content (AvgIpc) is 3.06. The van der Waals surface area contributed by atoms with Crippen molar-refractivity contribution < 1.29 is 19.1 Å². The summed E-state index contributed by atoms with van der Waals surface area (Å²) >= 11 is 0. The van der Waals surface area contributed by atoms with Crippen LogP contribution in [0.25, 0.3) is 22.6 Å². The van der Waals surface area contributed by atoms with Gasteiger partial charge in [0.05, 0.1) is 26.4 Å². The molecule has 2 aromatic carbocycles. The molecule has 0 fully saturated rings. The monoisotopic (exact) mass is 311 g/mol. The van der Waals surface area contributed by atoms with Crippen molar-refractivity contribution in [2.75, 3.05) is 14.2 Å². The summed E-state index contributed by atoms with van der Waals surface area (Å²) < 4.78 is 16.1. The van der Waals surface area contributed by atoms with Crippen LogP contribution in [0.15, 0.2) is 53.1 Å². The fourth-order valence-corrected chi connectivity index (χ4v) is 2.44. The highest BCUT2D eigenvalue weighted by atomic mass is 16.5. The second kappa shape index (κ2) is 6.54. The number of benzene rings is 2. The zero-order valence-electron chi connectivity index (χ0n) is 12.9. The van der Waals surface area contributed by atoms with Crippen LogP contribution >= 0.6 is 0 Å². The Bertz CT molecular complexity index is 774. The standard InChI is InChI=1S/C18H17NO4/c1-21-14-8-13(9-15(10-14)22-2)18-16(11-20)17(19-23-18)12-6-4-3-5-7-12/h3-10,20H,11H2,1-2H3. The average molecular weight is 311 g/mol. The van der Waals surface area contributed by atoms with E-state index < -0.39 is 0 Å². The minimum Gasteiger partial charge on any atom is -0.497 e. The molecule has 1 heterocycles. The first kappa shape index (κ1) is 15.1. The Labute approximate surface area is 134 Å². The number of methoxy groups -OCH3 is 2. The molecule has 0 aliphatic heterocycles. The molecule has 5 nitrogen and oxygen atoms in total. The Kier molecular flexibility index (Phi) is 4.30. The van der Waals surface area contributed by atoms with E-state index in [4.69, 9.17) is 14.0 Å². The van der Waals surface area contributed by atoms with Crippen LogP contribution in [0.5, 0.6) is 11.5 Å². The molecule has 0 bridgehead atoms. The number of rotatable bonds is 5. The Morgan fingerprint density at radius 2 is 1.61 bits per heavy atom. The Balaban J connectivity index is 2.13. The predicted octanol–water partition coefficient (Wildman–Crippen LogP) is 3.52. The van der Waals surface area contributed by atoms with Crippen molar-refractivity contribution in [3.63, 3.8) is 0 Å². The van der Waals surface area contributed by atoms with Gasteiger partial charge in [-0.15, -0.1) is 0 Å². The molecular weight excluding hydrogens is 294 g/mol. The lowest BCUT2D eigenvalue weighted by atomic mass is 10.0. The third-order valence-electron chi connectivity index (χ3n) is 3.61. The van der Waals surface area contributed by atoms with E-state index in [2.05, 4.69) is 5.16 Å². The summed E-state index contributed by atoms with van der Waals surface area (Å²) in [6, 6.07) is 15.0. The first-order chi connectivity index (χ1) is 11.3. The van der Waals surface area contributed by atoms with Crippen LogP contribution in [0.3, 0.4) is 0 Å². The SMILES string of the molecule is COc1cc(OC)cc(-c2onc(-c3ccccc3)c2CO)c1. The topological polar surface area (TPSA) is 64.7 Å². The number of aliphatic hydroxyl groups excluding tert-OH is 1. The lowest BCUT2D eigenvalue weighted by Crippen LogP contribution is -1.91. The molecular formula is C18H17NO4. The molecule has 1 N–H and O–H groups in total. The molecule has 23 heavy (non-hydrogen) atoms. The number of aliphatic hydroxyl groups is 1. The lowest BCUT2D eigenvalue weighted by molar-refractivity contribution is 0.281. The van der Waals surface area contributed by atoms with Gasteiger partial charge in [0.1, 0.15) is 17.2 Å². The molecule has 0 radical (unpaired) electrons. The Morgan fingerprint density at radius 3 is 2.17 bits per heavy atom. The van der Waals surface area contributed by atoms with Gasteiger partial charge in [-0.3, -0.25) is 0 Å². The maximum Gasteiger partial charge on any atom is 0.173 e. The number of nitrogens with zero attached hydrogens (tertiary/aromatic N) is 1. The first-order valence-corrected chi connectivity index (χ1v) is 7.15. The fraction of sp³-hybridized carbons (Fsp3) is 0.167. The van der Waals surface area contributed by atoms with E-state index in [9.17, 15) is 5.11 Å². The number of ether oxygens (including phenoxy) is 2. The van der Waals surface area contributed by atoms with Crippen LogP contribution < -0.4 is 9.47 Å². The summed E-state index contributed by atoms with van der Waals surface area (Å²) in [5.41, 5.74) is 2.89. The van der Waals surface area contributed by atoms with Crippen molar-refractivity contribution in [2.45, 2.75) is 6.61 Å². The van der Waals surface area contributed by atoms with Crippen molar-refractivity contribution in [2.24, 2.45) is 0 Å². The number of aromatic nitrogens is 1. The highest BCUT2D eigenvalue weighted by Gasteiger charge is 2.19. The van der Waals surface area contributed by atoms with Gasteiger partial charge < -0.3 is 19.1 Å². The maximum absolute atomic E-state index is 9.80. The van der Waals surface area contributed by atoms with Crippen molar-refractivity contribution >= 4 is 0 Å². The van der Waals surface area contributed by atoms with Crippen molar-refractivity contribution in [1.29, 1.82) is 0 Å². The molecule has 0 amide bonds. The van der Waals surface area contributed by atoms with E-state index in [1.54, 1.807) is 20.3 Å². The van der Waals surface area contributed by atoms with Crippen LogP contribution in [-0.4, -0.2) is 24.5 Å². The van der Waals surface area contributed by atoms with Crippen LogP contribution in [-0.2, 0) is 6.61 Å². The molecule has 0 spiro atoms. The van der Waals surface area contributed by atoms with Gasteiger partial charge in [-0.05, 0) is 12.1 Å². The van der Waals surface area contributed by atoms with Gasteiger partial charge in [0.2, 0.25) is 0 Å². The Hall–Kier alpha value is -2.79. The van der Waals surface area contributed by atoms with Crippen LogP contribution in [0, 0.1) is 0 Å². The van der Waals surface area contributed by atoms with E-state index in [-0.39, 0.29) is 6.61 Å². The van der Waals surface area contributed by atoms with E-state index in [1.807, 2.05) is 42.5 Å². The molecule has 5 heteroatoms. The van der Waals surface area contributed by atoms with Gasteiger partial charge in [-0.2, -0.15) is 0 Å². The molecule has 3 rings (SSSR count). The van der Waals surface area contributed by atoms with Gasteiger partial charge in [0.25, 0.3) is 0 Å². The molecule has 0 aliphatic carbocycles. The fourth-order valence-electron chi connectivity index (χ4n) is 2.44. The molecule has 1 aromatic heterocycles. The summed E-state index contributed by atoms with van der Waals surface area (Å²) in [7, 11) is 3.17. The highest BCUT2D eigenvalue weighted by Crippen LogP contribution is 2.35. The summed E-state index contributed by atoms with van der Waals surface area (Å²) in [5.74, 6) is 1.78. The van der Waals surface area contributed by atoms with Crippen LogP contribution in [0.2, 0.25) is 0 Å². The first-order valence-electron chi connectivity index (χ1n) is 7.15. The molecule has 3 aromatic rings. The maximum atomic E-state index is 9.80. The third kappa shape index (κ3) is 2.91. The second-order valence-electron chi connectivity index (χ2n) is 4.96. The normalized spacial score (nSPS) is 10.6. The van der Waals surface area contributed by atoms with Crippen molar-refractivity contribution in [1.82, 2.24) is 5.16 Å². The van der Waals surface area contributed by atoms with Crippen LogP contribution in [0.4, 0.5) is 0 Å². The minimum atomic E-state index is -0.178. The molecule has 0 aliphatic rings. The zero-order valence-corrected chi connectivity index (χ0v) is 12.9. The highest BCUT2D eigenvalue weighted by molar-refractivity contribution is 5.73. The summed E-state index contributed by atoms with van der Waals surface area (Å²) in [5, 5.41) is 13.9. The van der Waals surface area contributed by atoms with Gasteiger partial charge in [0, 0.05) is 17.2 Å². The number of hydrogen-bond acceptors (Lipinski definition) is 5. The van der Waals surface area contributed by atoms with Gasteiger partial charge >= 0.3 is 0 Å². The summed E-state index contributed by atoms with van der Waals surface area (Å²) in [6.07, 6.45) is 0. The van der Waals surface area contributed by atoms with Crippen molar-refractivity contribution in [3.05, 3.63) is 54.1 Å². The summed E-state index contributed by atoms with van der Waals surface area (Å²) in [4.78, 5) is 0. The lowest BCUT2D eigenvalue weighted by Gasteiger charge is -2.07. The van der Waals surface area contributed by atoms with Crippen LogP contribution in [0.1, 0.15) is 5.56 Å². The Morgan fingerprint density at radius 1 is 0.957 bits per heavy atom. The third-order valence-corrected chi connectivity index (χ3v) is 3.61. The molecule has 0 atom stereocenters. The van der Waals surface area contributed by atoms with Gasteiger partial charge in [-0.25, -0.2) is 0 Å². The predicted molar refractivity (Wildman–Crippen MR) is 86.4 cm³/mol. The molecule has 118 valence electrons. The van der Waals surface area contributed by atoms with E-state index in [0.717, 1.165) is 11.1 Å². The minimum absolute atomic E-state index is 0.178. The molecule has 0 unspecified atom stereocenters. The van der Waals surface area contributed by atoms with Crippen molar-refractivity contribution in [3.8, 4) is 34.1 Å².